The van der Waals surface area contributed by atoms with E-state index in [2.05, 4.69) is 39.6 Å². The number of amides is 2. The van der Waals surface area contributed by atoms with Crippen molar-refractivity contribution >= 4 is 28.5 Å². The zero-order valence-corrected chi connectivity index (χ0v) is 21.2. The Bertz CT molecular complexity index is 1230. The van der Waals surface area contributed by atoms with Crippen molar-refractivity contribution in [1.29, 1.82) is 0 Å². The first-order valence-electron chi connectivity index (χ1n) is 11.3. The molecule has 0 bridgehead atoms. The highest BCUT2D eigenvalue weighted by molar-refractivity contribution is 7.14. The van der Waals surface area contributed by atoms with Gasteiger partial charge in [-0.1, -0.05) is 18.2 Å². The zero-order valence-electron chi connectivity index (χ0n) is 20.4. The van der Waals surface area contributed by atoms with Crippen LogP contribution in [0, 0.1) is 13.8 Å². The second-order valence-corrected chi connectivity index (χ2v) is 10.7. The van der Waals surface area contributed by atoms with E-state index < -0.39 is 17.2 Å². The maximum Gasteiger partial charge on any atom is 0.411 e. The first-order valence-corrected chi connectivity index (χ1v) is 12.2. The molecule has 1 N–H and O–H groups in total. The van der Waals surface area contributed by atoms with Crippen molar-refractivity contribution in [2.45, 2.75) is 59.1 Å². The number of hydrogen-bond donors (Lipinski definition) is 1. The molecule has 2 aromatic heterocycles. The number of hydrogen-bond acceptors (Lipinski definition) is 6. The third kappa shape index (κ3) is 4.97. The monoisotopic (exact) mass is 478 g/mol. The van der Waals surface area contributed by atoms with Crippen LogP contribution in [0.25, 0.3) is 22.4 Å². The predicted molar refractivity (Wildman–Crippen MR) is 135 cm³/mol. The molecule has 0 radical (unpaired) electrons. The molecule has 1 aliphatic heterocycles. The van der Waals surface area contributed by atoms with Crippen molar-refractivity contribution in [3.63, 3.8) is 0 Å². The van der Waals surface area contributed by atoms with Crippen molar-refractivity contribution in [3.05, 3.63) is 53.2 Å². The molecule has 3 aromatic rings. The third-order valence-electron chi connectivity index (χ3n) is 5.82. The number of rotatable bonds is 4. The Morgan fingerprint density at radius 2 is 1.74 bits per heavy atom. The number of aryl methyl sites for hydroxylation is 2. The van der Waals surface area contributed by atoms with Crippen molar-refractivity contribution in [2.24, 2.45) is 0 Å². The number of pyridine rings is 1. The molecular weight excluding hydrogens is 448 g/mol. The number of carbonyl (C=O) groups is 2. The van der Waals surface area contributed by atoms with Crippen LogP contribution < -0.4 is 5.32 Å². The predicted octanol–water partition coefficient (Wildman–Crippen LogP) is 5.83. The molecule has 1 atom stereocenters. The van der Waals surface area contributed by atoms with E-state index in [-0.39, 0.29) is 5.91 Å². The number of ether oxygens (including phenoxy) is 1. The standard InChI is InChI=1S/C26H30N4O3S/c1-16-12-20(13-17(2)27-16)18-8-7-9-19(14-18)21-15-34-23(28-21)29-22(31)26(6)10-11-30(26)24(32)33-25(3,4)5/h7-9,12-15H,10-11H2,1-6H3,(H,28,29,31)/t26-/m0/s1. The molecule has 0 saturated carbocycles. The number of benzene rings is 1. The molecule has 1 aliphatic rings. The number of nitrogens with one attached hydrogen (secondary N) is 1. The van der Waals surface area contributed by atoms with Gasteiger partial charge in [0.15, 0.2) is 5.13 Å². The van der Waals surface area contributed by atoms with Crippen LogP contribution in [-0.4, -0.2) is 44.6 Å². The fourth-order valence-electron chi connectivity index (χ4n) is 3.96. The van der Waals surface area contributed by atoms with Crippen LogP contribution in [0.1, 0.15) is 45.5 Å². The lowest BCUT2D eigenvalue weighted by Crippen LogP contribution is -2.66. The summed E-state index contributed by atoms with van der Waals surface area (Å²) in [6.45, 7) is 11.7. The van der Waals surface area contributed by atoms with Gasteiger partial charge in [0.2, 0.25) is 0 Å². The summed E-state index contributed by atoms with van der Waals surface area (Å²) in [5.74, 6) is -0.262. The largest absolute Gasteiger partial charge is 0.444 e. The van der Waals surface area contributed by atoms with Crippen LogP contribution >= 0.6 is 11.3 Å². The molecule has 4 rings (SSSR count). The summed E-state index contributed by atoms with van der Waals surface area (Å²) in [5, 5.41) is 5.32. The smallest absolute Gasteiger partial charge is 0.411 e. The summed E-state index contributed by atoms with van der Waals surface area (Å²) in [4.78, 5) is 36.1. The summed E-state index contributed by atoms with van der Waals surface area (Å²) >= 11 is 1.36. The molecular formula is C26H30N4O3S. The van der Waals surface area contributed by atoms with Crippen LogP contribution in [0.5, 0.6) is 0 Å². The van der Waals surface area contributed by atoms with Gasteiger partial charge in [-0.25, -0.2) is 9.78 Å². The molecule has 0 unspecified atom stereocenters. The van der Waals surface area contributed by atoms with Crippen LogP contribution in [0.2, 0.25) is 0 Å². The number of nitrogens with zero attached hydrogens (tertiary/aromatic N) is 3. The van der Waals surface area contributed by atoms with Crippen LogP contribution in [-0.2, 0) is 9.53 Å². The fraction of sp³-hybridized carbons (Fsp3) is 0.385. The Kier molecular flexibility index (Phi) is 6.20. The number of aromatic nitrogens is 2. The van der Waals surface area contributed by atoms with Gasteiger partial charge in [0.25, 0.3) is 5.91 Å². The quantitative estimate of drug-likeness (QED) is 0.510. The molecule has 0 aliphatic carbocycles. The number of likely N-dealkylation sites (tertiary alicyclic amines) is 1. The van der Waals surface area contributed by atoms with Crippen molar-refractivity contribution in [1.82, 2.24) is 14.9 Å². The average molecular weight is 479 g/mol. The molecule has 8 heteroatoms. The third-order valence-corrected chi connectivity index (χ3v) is 6.58. The van der Waals surface area contributed by atoms with E-state index in [0.29, 0.717) is 18.1 Å². The maximum absolute atomic E-state index is 13.0. The Balaban J connectivity index is 1.49. The number of carbonyl (C=O) groups excluding carboxylic acids is 2. The van der Waals surface area contributed by atoms with Gasteiger partial charge in [-0.2, -0.15) is 0 Å². The van der Waals surface area contributed by atoms with E-state index in [4.69, 9.17) is 4.74 Å². The summed E-state index contributed by atoms with van der Waals surface area (Å²) < 4.78 is 5.45. The minimum absolute atomic E-state index is 0.262. The number of anilines is 1. The second-order valence-electron chi connectivity index (χ2n) is 9.87. The number of thiazole rings is 1. The molecule has 178 valence electrons. The molecule has 34 heavy (non-hydrogen) atoms. The Morgan fingerprint density at radius 1 is 1.06 bits per heavy atom. The van der Waals surface area contributed by atoms with Crippen molar-refractivity contribution in [3.8, 4) is 22.4 Å². The summed E-state index contributed by atoms with van der Waals surface area (Å²) in [7, 11) is 0. The zero-order chi connectivity index (χ0) is 24.7. The highest BCUT2D eigenvalue weighted by Crippen LogP contribution is 2.34. The summed E-state index contributed by atoms with van der Waals surface area (Å²) in [6, 6.07) is 12.3. The van der Waals surface area contributed by atoms with E-state index in [1.54, 1.807) is 6.92 Å². The molecule has 3 heterocycles. The summed E-state index contributed by atoms with van der Waals surface area (Å²) in [5.41, 5.74) is 4.32. The highest BCUT2D eigenvalue weighted by atomic mass is 32.1. The van der Waals surface area contributed by atoms with E-state index >= 15 is 0 Å². The van der Waals surface area contributed by atoms with Gasteiger partial charge in [-0.15, -0.1) is 11.3 Å². The minimum Gasteiger partial charge on any atom is -0.444 e. The highest BCUT2D eigenvalue weighted by Gasteiger charge is 2.51. The van der Waals surface area contributed by atoms with E-state index in [1.807, 2.05) is 52.1 Å². The lowest BCUT2D eigenvalue weighted by atomic mass is 9.86. The van der Waals surface area contributed by atoms with E-state index in [0.717, 1.165) is 33.8 Å². The Labute approximate surface area is 204 Å². The summed E-state index contributed by atoms with van der Waals surface area (Å²) in [6.07, 6.45) is 0.0953. The van der Waals surface area contributed by atoms with E-state index in [9.17, 15) is 9.59 Å². The topological polar surface area (TPSA) is 84.4 Å². The van der Waals surface area contributed by atoms with Crippen LogP contribution in [0.15, 0.2) is 41.8 Å². The lowest BCUT2D eigenvalue weighted by molar-refractivity contribution is -0.134. The molecule has 7 nitrogen and oxygen atoms in total. The molecule has 2 amide bonds. The molecule has 1 fully saturated rings. The maximum atomic E-state index is 13.0. The minimum atomic E-state index is -0.953. The Hall–Kier alpha value is -3.26. The van der Waals surface area contributed by atoms with Crippen molar-refractivity contribution < 1.29 is 14.3 Å². The van der Waals surface area contributed by atoms with Gasteiger partial charge in [0, 0.05) is 28.9 Å². The van der Waals surface area contributed by atoms with Crippen LogP contribution in [0.4, 0.5) is 9.93 Å². The van der Waals surface area contributed by atoms with Gasteiger partial charge in [-0.3, -0.25) is 20.0 Å². The molecule has 1 saturated heterocycles. The van der Waals surface area contributed by atoms with Gasteiger partial charge in [0.1, 0.15) is 11.1 Å². The van der Waals surface area contributed by atoms with Gasteiger partial charge < -0.3 is 4.74 Å². The first kappa shape index (κ1) is 23.9. The lowest BCUT2D eigenvalue weighted by Gasteiger charge is -2.48. The van der Waals surface area contributed by atoms with Crippen LogP contribution in [0.3, 0.4) is 0 Å². The van der Waals surface area contributed by atoms with Crippen molar-refractivity contribution in [2.75, 3.05) is 11.9 Å². The van der Waals surface area contributed by atoms with Gasteiger partial charge >= 0.3 is 6.09 Å². The normalized spacial score (nSPS) is 17.8. The fourth-order valence-corrected chi connectivity index (χ4v) is 4.67. The first-order chi connectivity index (χ1) is 15.9. The SMILES string of the molecule is Cc1cc(-c2cccc(-c3csc(NC(=O)[C@]4(C)CCN4C(=O)OC(C)(C)C)n3)c2)cc(C)n1. The van der Waals surface area contributed by atoms with Gasteiger partial charge in [0.05, 0.1) is 5.69 Å². The average Bonchev–Trinajstić information content (AvgIpc) is 3.19. The molecule has 1 aromatic carbocycles. The second kappa shape index (κ2) is 8.83. The van der Waals surface area contributed by atoms with Gasteiger partial charge in [-0.05, 0) is 77.3 Å². The Morgan fingerprint density at radius 3 is 2.35 bits per heavy atom. The van der Waals surface area contributed by atoms with E-state index in [1.165, 1.54) is 16.2 Å². The molecule has 0 spiro atoms.